The smallest absolute Gasteiger partial charge is 0.337 e. The van der Waals surface area contributed by atoms with Gasteiger partial charge in [0.2, 0.25) is 0 Å². The molecule has 0 unspecified atom stereocenters. The van der Waals surface area contributed by atoms with Gasteiger partial charge in [-0.1, -0.05) is 48.5 Å². The molecule has 0 aromatic heterocycles. The van der Waals surface area contributed by atoms with Gasteiger partial charge in [0.15, 0.2) is 0 Å². The summed E-state index contributed by atoms with van der Waals surface area (Å²) in [7, 11) is 1.36. The molecule has 0 atom stereocenters. The fraction of sp³-hybridized carbons (Fsp3) is 0.355. The van der Waals surface area contributed by atoms with E-state index in [0.717, 1.165) is 55.2 Å². The van der Waals surface area contributed by atoms with Crippen molar-refractivity contribution in [1.29, 1.82) is 0 Å². The van der Waals surface area contributed by atoms with Gasteiger partial charge in [0.25, 0.3) is 0 Å². The highest BCUT2D eigenvalue weighted by atomic mass is 16.5. The molecule has 204 valence electrons. The summed E-state index contributed by atoms with van der Waals surface area (Å²) >= 11 is 0. The summed E-state index contributed by atoms with van der Waals surface area (Å²) in [4.78, 5) is 31.4. The van der Waals surface area contributed by atoms with Crippen LogP contribution in [0.2, 0.25) is 0 Å². The number of rotatable bonds is 7. The van der Waals surface area contributed by atoms with Gasteiger partial charge >= 0.3 is 12.0 Å². The number of urea groups is 1. The van der Waals surface area contributed by atoms with Crippen molar-refractivity contribution in [2.45, 2.75) is 13.1 Å². The summed E-state index contributed by atoms with van der Waals surface area (Å²) < 4.78 is 15.7. The first-order chi connectivity index (χ1) is 19.1. The van der Waals surface area contributed by atoms with Crippen molar-refractivity contribution in [2.24, 2.45) is 0 Å². The number of carbonyl (C=O) groups is 2. The molecule has 8 nitrogen and oxygen atoms in total. The Morgan fingerprint density at radius 2 is 1.28 bits per heavy atom. The van der Waals surface area contributed by atoms with Crippen molar-refractivity contribution >= 4 is 17.7 Å². The van der Waals surface area contributed by atoms with E-state index in [2.05, 4.69) is 41.3 Å². The quantitative estimate of drug-likeness (QED) is 0.422. The molecule has 0 bridgehead atoms. The first-order valence-electron chi connectivity index (χ1n) is 13.4. The number of morpholine rings is 2. The van der Waals surface area contributed by atoms with Crippen LogP contribution in [-0.4, -0.2) is 81.5 Å². The monoisotopic (exact) mass is 529 g/mol. The largest absolute Gasteiger partial charge is 0.465 e. The summed E-state index contributed by atoms with van der Waals surface area (Å²) in [6.07, 6.45) is 0. The topological polar surface area (TPSA) is 71.5 Å². The van der Waals surface area contributed by atoms with Gasteiger partial charge in [0, 0.05) is 38.4 Å². The number of amides is 2. The number of benzene rings is 3. The summed E-state index contributed by atoms with van der Waals surface area (Å²) in [6, 6.07) is 23.9. The zero-order valence-electron chi connectivity index (χ0n) is 22.4. The predicted octanol–water partition coefficient (Wildman–Crippen LogP) is 4.43. The van der Waals surface area contributed by atoms with Crippen LogP contribution in [0.4, 0.5) is 10.5 Å². The second-order valence-electron chi connectivity index (χ2n) is 9.79. The summed E-state index contributed by atoms with van der Waals surface area (Å²) in [5.41, 5.74) is 5.74. The van der Waals surface area contributed by atoms with Crippen molar-refractivity contribution in [3.63, 3.8) is 0 Å². The molecule has 8 heteroatoms. The Bertz CT molecular complexity index is 1230. The molecule has 0 spiro atoms. The fourth-order valence-corrected chi connectivity index (χ4v) is 4.90. The molecule has 2 amide bonds. The number of nitrogens with zero attached hydrogens (tertiary/aromatic N) is 3. The minimum atomic E-state index is -0.382. The number of ether oxygens (including phenoxy) is 3. The molecule has 0 saturated carbocycles. The van der Waals surface area contributed by atoms with Crippen molar-refractivity contribution in [3.05, 3.63) is 89.5 Å². The number of carbonyl (C=O) groups excluding carboxylic acids is 2. The van der Waals surface area contributed by atoms with E-state index >= 15 is 0 Å². The zero-order chi connectivity index (χ0) is 27.0. The van der Waals surface area contributed by atoms with Crippen molar-refractivity contribution in [1.82, 2.24) is 9.80 Å². The molecule has 0 N–H and O–H groups in total. The van der Waals surface area contributed by atoms with Crippen LogP contribution in [-0.2, 0) is 27.3 Å². The second-order valence-corrected chi connectivity index (χ2v) is 9.79. The van der Waals surface area contributed by atoms with Crippen molar-refractivity contribution in [2.75, 3.05) is 64.6 Å². The van der Waals surface area contributed by atoms with Gasteiger partial charge in [-0.15, -0.1) is 0 Å². The Morgan fingerprint density at radius 3 is 1.87 bits per heavy atom. The molecule has 0 radical (unpaired) electrons. The normalized spacial score (nSPS) is 16.1. The van der Waals surface area contributed by atoms with Gasteiger partial charge in [-0.3, -0.25) is 9.80 Å². The van der Waals surface area contributed by atoms with E-state index in [9.17, 15) is 9.59 Å². The van der Waals surface area contributed by atoms with Crippen LogP contribution in [0.15, 0.2) is 72.8 Å². The first kappa shape index (κ1) is 26.9. The number of hydrogen-bond donors (Lipinski definition) is 0. The van der Waals surface area contributed by atoms with Crippen LogP contribution < -0.4 is 4.90 Å². The van der Waals surface area contributed by atoms with E-state index in [4.69, 9.17) is 14.2 Å². The van der Waals surface area contributed by atoms with E-state index in [1.54, 1.807) is 17.0 Å². The lowest BCUT2D eigenvalue weighted by atomic mass is 10.0. The molecule has 2 heterocycles. The molecular weight excluding hydrogens is 494 g/mol. The lowest BCUT2D eigenvalue weighted by molar-refractivity contribution is 0.0342. The fourth-order valence-electron chi connectivity index (χ4n) is 4.90. The molecule has 2 aliphatic heterocycles. The van der Waals surface area contributed by atoms with E-state index in [0.29, 0.717) is 38.4 Å². The maximum atomic E-state index is 13.6. The second kappa shape index (κ2) is 12.9. The molecule has 2 aliphatic rings. The molecule has 3 aromatic carbocycles. The number of hydrogen-bond acceptors (Lipinski definition) is 6. The van der Waals surface area contributed by atoms with Crippen molar-refractivity contribution < 1.29 is 23.8 Å². The van der Waals surface area contributed by atoms with Crippen LogP contribution in [0.1, 0.15) is 21.5 Å². The number of esters is 1. The maximum Gasteiger partial charge on any atom is 0.337 e. The third-order valence-corrected chi connectivity index (χ3v) is 7.20. The van der Waals surface area contributed by atoms with Crippen LogP contribution >= 0.6 is 0 Å². The summed E-state index contributed by atoms with van der Waals surface area (Å²) in [5.74, 6) is -0.382. The SMILES string of the molecule is COC(=O)c1ccc(CN(C(=O)N2CCOCC2)c2ccc(-c3ccc(CN4CCOCC4)cc3)cc2)cc1. The lowest BCUT2D eigenvalue weighted by Gasteiger charge is -2.33. The Morgan fingerprint density at radius 1 is 0.744 bits per heavy atom. The highest BCUT2D eigenvalue weighted by Crippen LogP contribution is 2.26. The predicted molar refractivity (Wildman–Crippen MR) is 150 cm³/mol. The Balaban J connectivity index is 1.32. The van der Waals surface area contributed by atoms with Gasteiger partial charge in [-0.05, 0) is 46.5 Å². The molecule has 0 aliphatic carbocycles. The first-order valence-corrected chi connectivity index (χ1v) is 13.4. The average Bonchev–Trinajstić information content (AvgIpc) is 3.01. The van der Waals surface area contributed by atoms with E-state index < -0.39 is 0 Å². The van der Waals surface area contributed by atoms with E-state index in [1.165, 1.54) is 12.7 Å². The summed E-state index contributed by atoms with van der Waals surface area (Å²) in [5, 5.41) is 0. The van der Waals surface area contributed by atoms with Gasteiger partial charge in [0.05, 0.1) is 45.6 Å². The average molecular weight is 530 g/mol. The number of methoxy groups -OCH3 is 1. The highest BCUT2D eigenvalue weighted by molar-refractivity contribution is 5.92. The minimum Gasteiger partial charge on any atom is -0.465 e. The Labute approximate surface area is 229 Å². The highest BCUT2D eigenvalue weighted by Gasteiger charge is 2.24. The molecule has 2 saturated heterocycles. The third kappa shape index (κ3) is 6.84. The Hall–Kier alpha value is -3.72. The van der Waals surface area contributed by atoms with Gasteiger partial charge in [0.1, 0.15) is 0 Å². The molecule has 5 rings (SSSR count). The van der Waals surface area contributed by atoms with E-state index in [-0.39, 0.29) is 12.0 Å². The van der Waals surface area contributed by atoms with Crippen LogP contribution in [0.25, 0.3) is 11.1 Å². The molecule has 3 aromatic rings. The summed E-state index contributed by atoms with van der Waals surface area (Å²) in [6.45, 7) is 7.05. The van der Waals surface area contributed by atoms with Crippen LogP contribution in [0.3, 0.4) is 0 Å². The van der Waals surface area contributed by atoms with E-state index in [1.807, 2.05) is 29.2 Å². The molecule has 39 heavy (non-hydrogen) atoms. The minimum absolute atomic E-state index is 0.0597. The maximum absolute atomic E-state index is 13.6. The van der Waals surface area contributed by atoms with Gasteiger partial charge in [-0.2, -0.15) is 0 Å². The van der Waals surface area contributed by atoms with Crippen LogP contribution in [0.5, 0.6) is 0 Å². The van der Waals surface area contributed by atoms with Gasteiger partial charge in [-0.25, -0.2) is 9.59 Å². The Kier molecular flexibility index (Phi) is 8.88. The number of anilines is 1. The van der Waals surface area contributed by atoms with Crippen LogP contribution in [0, 0.1) is 0 Å². The van der Waals surface area contributed by atoms with Gasteiger partial charge < -0.3 is 19.1 Å². The molecule has 2 fully saturated rings. The zero-order valence-corrected chi connectivity index (χ0v) is 22.4. The lowest BCUT2D eigenvalue weighted by Crippen LogP contribution is -2.48. The van der Waals surface area contributed by atoms with Crippen molar-refractivity contribution in [3.8, 4) is 11.1 Å². The standard InChI is InChI=1S/C31H35N3O5/c1-37-30(35)28-8-4-25(5-9-28)23-34(31(36)33-16-20-39-21-17-33)29-12-10-27(11-13-29)26-6-2-24(3-7-26)22-32-14-18-38-19-15-32/h2-13H,14-23H2,1H3. The molecular formula is C31H35N3O5. The third-order valence-electron chi connectivity index (χ3n) is 7.20.